The van der Waals surface area contributed by atoms with Crippen LogP contribution in [0.3, 0.4) is 0 Å². The number of rotatable bonds is 4. The number of nitrogens with one attached hydrogen (secondary N) is 1. The van der Waals surface area contributed by atoms with Gasteiger partial charge in [-0.1, -0.05) is 26.0 Å². The fourth-order valence-electron chi connectivity index (χ4n) is 2.68. The van der Waals surface area contributed by atoms with E-state index in [0.29, 0.717) is 6.54 Å². The van der Waals surface area contributed by atoms with Gasteiger partial charge in [-0.25, -0.2) is 9.37 Å². The summed E-state index contributed by atoms with van der Waals surface area (Å²) in [6, 6.07) is 5.82. The van der Waals surface area contributed by atoms with Crippen molar-refractivity contribution in [1.29, 1.82) is 0 Å². The van der Waals surface area contributed by atoms with Crippen molar-refractivity contribution < 1.29 is 13.6 Å². The summed E-state index contributed by atoms with van der Waals surface area (Å²) in [6.07, 6.45) is 1.41. The first-order valence-electron chi connectivity index (χ1n) is 7.93. The topological polar surface area (TPSA) is 77.1 Å². The van der Waals surface area contributed by atoms with Crippen LogP contribution in [0.4, 0.5) is 10.1 Å². The van der Waals surface area contributed by atoms with Gasteiger partial charge in [-0.15, -0.1) is 0 Å². The smallest absolute Gasteiger partial charge is 0.265 e. The van der Waals surface area contributed by atoms with Crippen LogP contribution >= 0.6 is 0 Å². The summed E-state index contributed by atoms with van der Waals surface area (Å²) in [5.74, 6) is -0.671. The molecule has 3 rings (SSSR count). The molecule has 0 saturated heterocycles. The summed E-state index contributed by atoms with van der Waals surface area (Å²) >= 11 is 0. The number of fused-ring (bicyclic) bond motifs is 1. The van der Waals surface area contributed by atoms with Gasteiger partial charge in [0.05, 0.1) is 11.3 Å². The Hall–Kier alpha value is -2.96. The number of furan rings is 1. The fourth-order valence-corrected chi connectivity index (χ4v) is 2.68. The lowest BCUT2D eigenvalue weighted by atomic mass is 10.1. The predicted molar refractivity (Wildman–Crippen MR) is 92.2 cm³/mol. The molecule has 1 N–H and O–H groups in total. The minimum atomic E-state index is -0.609. The van der Waals surface area contributed by atoms with Crippen LogP contribution < -0.4 is 10.9 Å². The Morgan fingerprint density at radius 2 is 2.08 bits per heavy atom. The second kappa shape index (κ2) is 6.51. The standard InChI is InChI=1S/C18H18FN3O3/c1-10(2)8-22-9-20-17-15(18(22)24)14(11(3)25-17)16(23)21-13-7-5-4-6-12(13)19/h4-7,9-10H,8H2,1-3H3,(H,21,23). The van der Waals surface area contributed by atoms with E-state index in [0.717, 1.165) is 0 Å². The van der Waals surface area contributed by atoms with E-state index < -0.39 is 11.7 Å². The summed E-state index contributed by atoms with van der Waals surface area (Å²) < 4.78 is 20.7. The number of benzene rings is 1. The van der Waals surface area contributed by atoms with Crippen molar-refractivity contribution in [2.24, 2.45) is 5.92 Å². The number of carbonyl (C=O) groups excluding carboxylic acids is 1. The Labute approximate surface area is 143 Å². The fraction of sp³-hybridized carbons (Fsp3) is 0.278. The number of hydrogen-bond donors (Lipinski definition) is 1. The molecule has 0 radical (unpaired) electrons. The van der Waals surface area contributed by atoms with Gasteiger partial charge >= 0.3 is 0 Å². The van der Waals surface area contributed by atoms with Gasteiger partial charge in [0.1, 0.15) is 23.3 Å². The monoisotopic (exact) mass is 343 g/mol. The summed E-state index contributed by atoms with van der Waals surface area (Å²) in [5.41, 5.74) is -0.142. The molecule has 0 bridgehead atoms. The molecule has 0 spiro atoms. The van der Waals surface area contributed by atoms with Gasteiger partial charge in [0.15, 0.2) is 0 Å². The molecule has 6 nitrogen and oxygen atoms in total. The molecule has 0 atom stereocenters. The quantitative estimate of drug-likeness (QED) is 0.788. The van der Waals surface area contributed by atoms with Crippen molar-refractivity contribution in [2.75, 3.05) is 5.32 Å². The second-order valence-electron chi connectivity index (χ2n) is 6.24. The highest BCUT2D eigenvalue weighted by Crippen LogP contribution is 2.23. The molecule has 0 fully saturated rings. The van der Waals surface area contributed by atoms with Gasteiger partial charge < -0.3 is 9.73 Å². The lowest BCUT2D eigenvalue weighted by Gasteiger charge is -2.08. The molecule has 7 heteroatoms. The van der Waals surface area contributed by atoms with E-state index in [2.05, 4.69) is 10.3 Å². The van der Waals surface area contributed by atoms with Gasteiger partial charge in [-0.3, -0.25) is 14.2 Å². The van der Waals surface area contributed by atoms with E-state index >= 15 is 0 Å². The molecule has 0 saturated carbocycles. The van der Waals surface area contributed by atoms with Gasteiger partial charge in [0, 0.05) is 6.54 Å². The number of para-hydroxylation sites is 1. The molecule has 1 amide bonds. The van der Waals surface area contributed by atoms with Gasteiger partial charge in [-0.05, 0) is 25.0 Å². The van der Waals surface area contributed by atoms with Crippen molar-refractivity contribution in [2.45, 2.75) is 27.3 Å². The first kappa shape index (κ1) is 16.9. The van der Waals surface area contributed by atoms with Crippen LogP contribution in [0.2, 0.25) is 0 Å². The summed E-state index contributed by atoms with van der Waals surface area (Å²) in [6.45, 7) is 6.00. The van der Waals surface area contributed by atoms with Gasteiger partial charge in [0.25, 0.3) is 11.5 Å². The van der Waals surface area contributed by atoms with E-state index in [-0.39, 0.29) is 39.6 Å². The van der Waals surface area contributed by atoms with Crippen LogP contribution in [0.15, 0.2) is 39.8 Å². The number of amides is 1. The third-order valence-corrected chi connectivity index (χ3v) is 3.77. The molecular formula is C18H18FN3O3. The van der Waals surface area contributed by atoms with Crippen molar-refractivity contribution in [3.05, 3.63) is 58.1 Å². The van der Waals surface area contributed by atoms with E-state index in [1.165, 1.54) is 29.1 Å². The molecule has 0 aliphatic carbocycles. The Balaban J connectivity index is 2.09. The lowest BCUT2D eigenvalue weighted by Crippen LogP contribution is -2.24. The second-order valence-corrected chi connectivity index (χ2v) is 6.24. The van der Waals surface area contributed by atoms with Crippen LogP contribution in [-0.4, -0.2) is 15.5 Å². The third kappa shape index (κ3) is 3.17. The highest BCUT2D eigenvalue weighted by Gasteiger charge is 2.23. The maximum atomic E-state index is 13.8. The number of aromatic nitrogens is 2. The van der Waals surface area contributed by atoms with Crippen LogP contribution in [-0.2, 0) is 6.54 Å². The van der Waals surface area contributed by atoms with Crippen molar-refractivity contribution in [1.82, 2.24) is 9.55 Å². The average Bonchev–Trinajstić information content (AvgIpc) is 2.89. The first-order valence-corrected chi connectivity index (χ1v) is 7.93. The van der Waals surface area contributed by atoms with Crippen LogP contribution in [0.5, 0.6) is 0 Å². The maximum Gasteiger partial charge on any atom is 0.265 e. The van der Waals surface area contributed by atoms with Crippen molar-refractivity contribution in [3.8, 4) is 0 Å². The molecule has 2 heterocycles. The van der Waals surface area contributed by atoms with E-state index in [4.69, 9.17) is 4.42 Å². The van der Waals surface area contributed by atoms with E-state index in [1.54, 1.807) is 13.0 Å². The van der Waals surface area contributed by atoms with Crippen molar-refractivity contribution in [3.63, 3.8) is 0 Å². The highest BCUT2D eigenvalue weighted by atomic mass is 19.1. The normalized spacial score (nSPS) is 11.2. The summed E-state index contributed by atoms with van der Waals surface area (Å²) in [7, 11) is 0. The molecule has 0 unspecified atom stereocenters. The third-order valence-electron chi connectivity index (χ3n) is 3.77. The Morgan fingerprint density at radius 3 is 2.76 bits per heavy atom. The number of hydrogen-bond acceptors (Lipinski definition) is 4. The van der Waals surface area contributed by atoms with E-state index in [9.17, 15) is 14.0 Å². The van der Waals surface area contributed by atoms with Crippen LogP contribution in [0.25, 0.3) is 11.1 Å². The first-order chi connectivity index (χ1) is 11.9. The molecular weight excluding hydrogens is 325 g/mol. The largest absolute Gasteiger partial charge is 0.442 e. The summed E-state index contributed by atoms with van der Waals surface area (Å²) in [4.78, 5) is 29.5. The van der Waals surface area contributed by atoms with Gasteiger partial charge in [0.2, 0.25) is 5.71 Å². The maximum absolute atomic E-state index is 13.8. The molecule has 3 aromatic rings. The number of nitrogens with zero attached hydrogens (tertiary/aromatic N) is 2. The number of anilines is 1. The predicted octanol–water partition coefficient (Wildman–Crippen LogP) is 3.35. The molecule has 0 aliphatic heterocycles. The highest BCUT2D eigenvalue weighted by molar-refractivity contribution is 6.12. The minimum absolute atomic E-state index is 0.0349. The summed E-state index contributed by atoms with van der Waals surface area (Å²) in [5, 5.41) is 2.59. The van der Waals surface area contributed by atoms with Crippen LogP contribution in [0, 0.1) is 18.7 Å². The molecule has 1 aromatic carbocycles. The molecule has 2 aromatic heterocycles. The molecule has 25 heavy (non-hydrogen) atoms. The van der Waals surface area contributed by atoms with E-state index in [1.807, 2.05) is 13.8 Å². The molecule has 130 valence electrons. The number of aryl methyl sites for hydroxylation is 1. The average molecular weight is 343 g/mol. The number of carbonyl (C=O) groups is 1. The Bertz CT molecular complexity index is 1000. The zero-order valence-corrected chi connectivity index (χ0v) is 14.2. The van der Waals surface area contributed by atoms with Gasteiger partial charge in [-0.2, -0.15) is 0 Å². The van der Waals surface area contributed by atoms with Crippen LogP contribution in [0.1, 0.15) is 30.0 Å². The molecule has 0 aliphatic rings. The number of halogens is 1. The minimum Gasteiger partial charge on any atom is -0.442 e. The Kier molecular flexibility index (Phi) is 4.39. The SMILES string of the molecule is Cc1oc2ncn(CC(C)C)c(=O)c2c1C(=O)Nc1ccccc1F. The zero-order chi connectivity index (χ0) is 18.1. The zero-order valence-electron chi connectivity index (χ0n) is 14.2. The lowest BCUT2D eigenvalue weighted by molar-refractivity contribution is 0.102. The Morgan fingerprint density at radius 1 is 1.36 bits per heavy atom. The van der Waals surface area contributed by atoms with Crippen molar-refractivity contribution >= 4 is 22.7 Å².